The van der Waals surface area contributed by atoms with E-state index in [0.29, 0.717) is 16.9 Å². The predicted octanol–water partition coefficient (Wildman–Crippen LogP) is 4.14. The number of anilines is 1. The van der Waals surface area contributed by atoms with Gasteiger partial charge in [0.2, 0.25) is 0 Å². The predicted molar refractivity (Wildman–Crippen MR) is 82.3 cm³/mol. The SMILES string of the molecule is CC(C)(C)OC(=O)Nc1c(-c2ccccn2)ccnc1Cl. The summed E-state index contributed by atoms with van der Waals surface area (Å²) in [6, 6.07) is 7.23. The molecule has 0 atom stereocenters. The van der Waals surface area contributed by atoms with Gasteiger partial charge in [0.15, 0.2) is 5.15 Å². The number of hydrogen-bond donors (Lipinski definition) is 1. The molecule has 0 saturated carbocycles. The van der Waals surface area contributed by atoms with Crippen molar-refractivity contribution in [2.75, 3.05) is 5.32 Å². The van der Waals surface area contributed by atoms with Gasteiger partial charge in [-0.3, -0.25) is 10.3 Å². The van der Waals surface area contributed by atoms with Gasteiger partial charge in [0, 0.05) is 18.0 Å². The van der Waals surface area contributed by atoms with Crippen LogP contribution in [0.15, 0.2) is 36.7 Å². The molecule has 110 valence electrons. The van der Waals surface area contributed by atoms with Crippen LogP contribution >= 0.6 is 11.6 Å². The summed E-state index contributed by atoms with van der Waals surface area (Å²) >= 11 is 6.09. The van der Waals surface area contributed by atoms with Crippen molar-refractivity contribution in [2.24, 2.45) is 0 Å². The van der Waals surface area contributed by atoms with Gasteiger partial charge in [0.1, 0.15) is 5.60 Å². The Bertz CT molecular complexity index is 639. The van der Waals surface area contributed by atoms with Crippen LogP contribution in [-0.4, -0.2) is 21.7 Å². The number of pyridine rings is 2. The van der Waals surface area contributed by atoms with Crippen molar-refractivity contribution in [2.45, 2.75) is 26.4 Å². The summed E-state index contributed by atoms with van der Waals surface area (Å²) < 4.78 is 5.23. The summed E-state index contributed by atoms with van der Waals surface area (Å²) in [5.41, 5.74) is 1.16. The van der Waals surface area contributed by atoms with E-state index in [-0.39, 0.29) is 5.15 Å². The lowest BCUT2D eigenvalue weighted by molar-refractivity contribution is 0.0636. The number of carbonyl (C=O) groups is 1. The van der Waals surface area contributed by atoms with E-state index >= 15 is 0 Å². The van der Waals surface area contributed by atoms with Crippen molar-refractivity contribution >= 4 is 23.4 Å². The van der Waals surface area contributed by atoms with Crippen molar-refractivity contribution in [1.82, 2.24) is 9.97 Å². The Balaban J connectivity index is 2.33. The zero-order valence-corrected chi connectivity index (χ0v) is 12.8. The number of nitrogens with zero attached hydrogens (tertiary/aromatic N) is 2. The van der Waals surface area contributed by atoms with E-state index in [1.54, 1.807) is 39.2 Å². The molecular weight excluding hydrogens is 290 g/mol. The molecule has 0 aliphatic rings. The minimum atomic E-state index is -0.593. The number of ether oxygens (including phenoxy) is 1. The molecule has 0 bridgehead atoms. The van der Waals surface area contributed by atoms with Gasteiger partial charge < -0.3 is 4.74 Å². The third kappa shape index (κ3) is 4.16. The van der Waals surface area contributed by atoms with Gasteiger partial charge >= 0.3 is 6.09 Å². The van der Waals surface area contributed by atoms with Crippen LogP contribution in [-0.2, 0) is 4.74 Å². The number of aromatic nitrogens is 2. The summed E-state index contributed by atoms with van der Waals surface area (Å²) in [7, 11) is 0. The maximum Gasteiger partial charge on any atom is 0.412 e. The van der Waals surface area contributed by atoms with Crippen molar-refractivity contribution in [3.8, 4) is 11.3 Å². The second-order valence-corrected chi connectivity index (χ2v) is 5.72. The molecule has 6 heteroatoms. The van der Waals surface area contributed by atoms with Gasteiger partial charge in [0.25, 0.3) is 0 Å². The van der Waals surface area contributed by atoms with Crippen LogP contribution in [0.1, 0.15) is 20.8 Å². The Morgan fingerprint density at radius 1 is 1.19 bits per heavy atom. The van der Waals surface area contributed by atoms with E-state index in [1.165, 1.54) is 0 Å². The molecular formula is C15H16ClN3O2. The molecule has 0 aliphatic heterocycles. The average molecular weight is 306 g/mol. The maximum atomic E-state index is 11.9. The third-order valence-corrected chi connectivity index (χ3v) is 2.76. The maximum absolute atomic E-state index is 11.9. The second kappa shape index (κ2) is 6.10. The second-order valence-electron chi connectivity index (χ2n) is 5.37. The molecule has 0 aliphatic carbocycles. The van der Waals surface area contributed by atoms with Crippen LogP contribution in [0.2, 0.25) is 5.15 Å². The van der Waals surface area contributed by atoms with Gasteiger partial charge in [-0.25, -0.2) is 9.78 Å². The fourth-order valence-electron chi connectivity index (χ4n) is 1.70. The van der Waals surface area contributed by atoms with E-state index in [2.05, 4.69) is 15.3 Å². The number of rotatable bonds is 2. The molecule has 0 radical (unpaired) electrons. The minimum absolute atomic E-state index is 0.184. The van der Waals surface area contributed by atoms with E-state index in [1.807, 2.05) is 18.2 Å². The Morgan fingerprint density at radius 3 is 2.57 bits per heavy atom. The summed E-state index contributed by atoms with van der Waals surface area (Å²) in [6.07, 6.45) is 2.64. The highest BCUT2D eigenvalue weighted by Gasteiger charge is 2.19. The van der Waals surface area contributed by atoms with Crippen molar-refractivity contribution < 1.29 is 9.53 Å². The molecule has 21 heavy (non-hydrogen) atoms. The highest BCUT2D eigenvalue weighted by Crippen LogP contribution is 2.31. The lowest BCUT2D eigenvalue weighted by Gasteiger charge is -2.20. The lowest BCUT2D eigenvalue weighted by Crippen LogP contribution is -2.27. The van der Waals surface area contributed by atoms with Crippen molar-refractivity contribution in [1.29, 1.82) is 0 Å². The Hall–Kier alpha value is -2.14. The average Bonchev–Trinajstić information content (AvgIpc) is 2.40. The molecule has 0 unspecified atom stereocenters. The number of amides is 1. The first-order valence-electron chi connectivity index (χ1n) is 6.43. The van der Waals surface area contributed by atoms with Crippen molar-refractivity contribution in [3.05, 3.63) is 41.8 Å². The summed E-state index contributed by atoms with van der Waals surface area (Å²) in [4.78, 5) is 20.2. The third-order valence-electron chi connectivity index (χ3n) is 2.47. The van der Waals surface area contributed by atoms with Crippen LogP contribution in [0, 0.1) is 0 Å². The molecule has 1 amide bonds. The van der Waals surface area contributed by atoms with E-state index in [4.69, 9.17) is 16.3 Å². The fraction of sp³-hybridized carbons (Fsp3) is 0.267. The molecule has 0 aromatic carbocycles. The van der Waals surface area contributed by atoms with Gasteiger partial charge in [-0.15, -0.1) is 0 Å². The van der Waals surface area contributed by atoms with Crippen LogP contribution in [0.4, 0.5) is 10.5 Å². The first kappa shape index (κ1) is 15.3. The van der Waals surface area contributed by atoms with Gasteiger partial charge in [0.05, 0.1) is 11.4 Å². The number of nitrogens with one attached hydrogen (secondary N) is 1. The monoisotopic (exact) mass is 305 g/mol. The van der Waals surface area contributed by atoms with Gasteiger partial charge in [-0.05, 0) is 39.0 Å². The summed E-state index contributed by atoms with van der Waals surface area (Å²) in [6.45, 7) is 5.37. The highest BCUT2D eigenvalue weighted by molar-refractivity contribution is 6.33. The minimum Gasteiger partial charge on any atom is -0.444 e. The quantitative estimate of drug-likeness (QED) is 0.847. The molecule has 1 N–H and O–H groups in total. The molecule has 0 fully saturated rings. The van der Waals surface area contributed by atoms with E-state index in [9.17, 15) is 4.79 Å². The van der Waals surface area contributed by atoms with Crippen LogP contribution in [0.25, 0.3) is 11.3 Å². The van der Waals surface area contributed by atoms with Gasteiger partial charge in [-0.1, -0.05) is 17.7 Å². The molecule has 0 spiro atoms. The molecule has 0 saturated heterocycles. The Morgan fingerprint density at radius 2 is 1.95 bits per heavy atom. The van der Waals surface area contributed by atoms with E-state index in [0.717, 1.165) is 0 Å². The Kier molecular flexibility index (Phi) is 4.43. The first-order chi connectivity index (χ1) is 9.87. The molecule has 2 rings (SSSR count). The normalized spacial score (nSPS) is 11.0. The topological polar surface area (TPSA) is 64.1 Å². The summed E-state index contributed by atoms with van der Waals surface area (Å²) in [5, 5.41) is 2.82. The summed E-state index contributed by atoms with van der Waals surface area (Å²) in [5.74, 6) is 0. The highest BCUT2D eigenvalue weighted by atomic mass is 35.5. The zero-order valence-electron chi connectivity index (χ0n) is 12.1. The van der Waals surface area contributed by atoms with Crippen LogP contribution < -0.4 is 5.32 Å². The number of hydrogen-bond acceptors (Lipinski definition) is 4. The van der Waals surface area contributed by atoms with Crippen LogP contribution in [0.5, 0.6) is 0 Å². The largest absolute Gasteiger partial charge is 0.444 e. The molecule has 5 nitrogen and oxygen atoms in total. The molecule has 2 aromatic rings. The molecule has 2 heterocycles. The lowest BCUT2D eigenvalue weighted by atomic mass is 10.1. The van der Waals surface area contributed by atoms with E-state index < -0.39 is 11.7 Å². The van der Waals surface area contributed by atoms with Crippen molar-refractivity contribution in [3.63, 3.8) is 0 Å². The molecule has 2 aromatic heterocycles. The zero-order chi connectivity index (χ0) is 15.5. The standard InChI is InChI=1S/C15H16ClN3O2/c1-15(2,3)21-14(20)19-12-10(7-9-18-13(12)16)11-6-4-5-8-17-11/h4-9H,1-3H3,(H,19,20). The smallest absolute Gasteiger partial charge is 0.412 e. The van der Waals surface area contributed by atoms with Gasteiger partial charge in [-0.2, -0.15) is 0 Å². The fourth-order valence-corrected chi connectivity index (χ4v) is 1.90. The number of halogens is 1. The van der Waals surface area contributed by atoms with Crippen LogP contribution in [0.3, 0.4) is 0 Å². The number of carbonyl (C=O) groups excluding carboxylic acids is 1. The Labute approximate surface area is 128 Å². The first-order valence-corrected chi connectivity index (χ1v) is 6.80.